The highest BCUT2D eigenvalue weighted by Gasteiger charge is 2.22. The number of rotatable bonds is 45. The maximum Gasteiger partial charge on any atom is 0.306 e. The number of hydrogen-bond acceptors (Lipinski definition) is 10. The van der Waals surface area contributed by atoms with E-state index in [2.05, 4.69) is 32.1 Å². The van der Waals surface area contributed by atoms with Crippen molar-refractivity contribution in [2.45, 2.75) is 212 Å². The van der Waals surface area contributed by atoms with Crippen molar-refractivity contribution in [3.05, 3.63) is 60.8 Å². The molecule has 372 valence electrons. The van der Waals surface area contributed by atoms with Crippen molar-refractivity contribution in [3.63, 3.8) is 0 Å². The monoisotopic (exact) mass is 924 g/mol. The Kier molecular flexibility index (Phi) is 41.6. The maximum absolute atomic E-state index is 12.7. The van der Waals surface area contributed by atoms with E-state index in [0.29, 0.717) is 36.7 Å². The summed E-state index contributed by atoms with van der Waals surface area (Å²) in [4.78, 5) is 37.7. The fourth-order valence-corrected chi connectivity index (χ4v) is 7.40. The van der Waals surface area contributed by atoms with E-state index in [1.807, 2.05) is 27.2 Å². The molecular formula is C52H94NO10P. The number of unbranched alkanes of at least 4 members (excludes halogenated alkanes) is 20. The summed E-state index contributed by atoms with van der Waals surface area (Å²) in [7, 11) is 1.03. The molecule has 0 aliphatic carbocycles. The Balaban J connectivity index is 4.48. The van der Waals surface area contributed by atoms with E-state index in [9.17, 15) is 29.3 Å². The van der Waals surface area contributed by atoms with Gasteiger partial charge in [0.2, 0.25) is 0 Å². The lowest BCUT2D eigenvalue weighted by Crippen LogP contribution is -2.37. The molecule has 0 aromatic carbocycles. The largest absolute Gasteiger partial charge is 0.756 e. The number of quaternary nitrogens is 1. The summed E-state index contributed by atoms with van der Waals surface area (Å²) in [5, 5.41) is 20.4. The molecule has 0 saturated carbocycles. The third kappa shape index (κ3) is 46.2. The molecule has 0 aliphatic rings. The van der Waals surface area contributed by atoms with Gasteiger partial charge in [-0.1, -0.05) is 177 Å². The highest BCUT2D eigenvalue weighted by molar-refractivity contribution is 7.45. The number of hydrogen-bond donors (Lipinski definition) is 2. The molecule has 0 saturated heterocycles. The van der Waals surface area contributed by atoms with Gasteiger partial charge in [0.1, 0.15) is 19.8 Å². The molecule has 12 heteroatoms. The number of esters is 2. The molecule has 0 amide bonds. The summed E-state index contributed by atoms with van der Waals surface area (Å²) in [5.41, 5.74) is 0. The number of ether oxygens (including phenoxy) is 2. The summed E-state index contributed by atoms with van der Waals surface area (Å²) < 4.78 is 33.8. The smallest absolute Gasteiger partial charge is 0.306 e. The highest BCUT2D eigenvalue weighted by atomic mass is 31.2. The molecule has 64 heavy (non-hydrogen) atoms. The fourth-order valence-electron chi connectivity index (χ4n) is 6.67. The van der Waals surface area contributed by atoms with E-state index in [-0.39, 0.29) is 26.1 Å². The van der Waals surface area contributed by atoms with Crippen LogP contribution in [0.3, 0.4) is 0 Å². The summed E-state index contributed by atoms with van der Waals surface area (Å²) in [6.07, 6.45) is 45.9. The second-order valence-corrected chi connectivity index (χ2v) is 19.6. The van der Waals surface area contributed by atoms with E-state index < -0.39 is 44.7 Å². The van der Waals surface area contributed by atoms with Crippen molar-refractivity contribution in [2.75, 3.05) is 47.5 Å². The van der Waals surface area contributed by atoms with Crippen molar-refractivity contribution in [1.29, 1.82) is 0 Å². The molecule has 0 radical (unpaired) electrons. The average molecular weight is 924 g/mol. The first-order valence-electron chi connectivity index (χ1n) is 25.2. The number of phosphoric ester groups is 1. The highest BCUT2D eigenvalue weighted by Crippen LogP contribution is 2.38. The number of carbonyl (C=O) groups excluding carboxylic acids is 2. The lowest BCUT2D eigenvalue weighted by molar-refractivity contribution is -0.870. The van der Waals surface area contributed by atoms with Gasteiger partial charge in [-0.2, -0.15) is 0 Å². The molecule has 0 spiro atoms. The molecule has 11 nitrogen and oxygen atoms in total. The number of aliphatic hydroxyl groups excluding tert-OH is 2. The Morgan fingerprint density at radius 2 is 1.05 bits per heavy atom. The molecule has 0 heterocycles. The van der Waals surface area contributed by atoms with Crippen LogP contribution in [0.5, 0.6) is 0 Å². The van der Waals surface area contributed by atoms with E-state index in [1.165, 1.54) is 116 Å². The average Bonchev–Trinajstić information content (AvgIpc) is 3.24. The van der Waals surface area contributed by atoms with Gasteiger partial charge in [-0.15, -0.1) is 0 Å². The number of allylic oxidation sites excluding steroid dienone is 7. The van der Waals surface area contributed by atoms with E-state index >= 15 is 0 Å². The van der Waals surface area contributed by atoms with Gasteiger partial charge < -0.3 is 38.1 Å². The lowest BCUT2D eigenvalue weighted by atomic mass is 10.0. The Hall–Kier alpha value is -2.37. The predicted octanol–water partition coefficient (Wildman–Crippen LogP) is 12.1. The van der Waals surface area contributed by atoms with Gasteiger partial charge in [0.15, 0.2) is 6.10 Å². The summed E-state index contributed by atoms with van der Waals surface area (Å²) in [6, 6.07) is 0. The second-order valence-electron chi connectivity index (χ2n) is 18.2. The van der Waals surface area contributed by atoms with Gasteiger partial charge in [-0.05, 0) is 64.2 Å². The van der Waals surface area contributed by atoms with Gasteiger partial charge >= 0.3 is 11.9 Å². The van der Waals surface area contributed by atoms with Crippen LogP contribution in [0.15, 0.2) is 60.8 Å². The number of carbonyl (C=O) groups is 2. The molecular weight excluding hydrogens is 830 g/mol. The van der Waals surface area contributed by atoms with Crippen molar-refractivity contribution in [2.24, 2.45) is 0 Å². The van der Waals surface area contributed by atoms with Gasteiger partial charge in [0, 0.05) is 12.8 Å². The number of likely N-dealkylation sites (N-methyl/N-ethyl adjacent to an activating group) is 1. The first kappa shape index (κ1) is 61.6. The second kappa shape index (κ2) is 43.2. The van der Waals surface area contributed by atoms with Crippen molar-refractivity contribution in [1.82, 2.24) is 0 Å². The van der Waals surface area contributed by atoms with Crippen LogP contribution < -0.4 is 4.89 Å². The van der Waals surface area contributed by atoms with Crippen molar-refractivity contribution in [3.8, 4) is 0 Å². The van der Waals surface area contributed by atoms with Crippen LogP contribution in [-0.2, 0) is 32.7 Å². The third-order valence-corrected chi connectivity index (χ3v) is 11.7. The molecule has 0 fully saturated rings. The Morgan fingerprint density at radius 3 is 1.61 bits per heavy atom. The molecule has 0 aliphatic heterocycles. The molecule has 0 rings (SSSR count). The minimum Gasteiger partial charge on any atom is -0.756 e. The van der Waals surface area contributed by atoms with Crippen LogP contribution in [0.2, 0.25) is 0 Å². The zero-order chi connectivity index (χ0) is 47.4. The third-order valence-electron chi connectivity index (χ3n) is 10.7. The van der Waals surface area contributed by atoms with Crippen LogP contribution >= 0.6 is 7.82 Å². The molecule has 0 aromatic heterocycles. The van der Waals surface area contributed by atoms with E-state index in [4.69, 9.17) is 18.5 Å². The minimum atomic E-state index is -4.69. The number of phosphoric acid groups is 1. The van der Waals surface area contributed by atoms with E-state index in [1.54, 1.807) is 36.5 Å². The Morgan fingerprint density at radius 1 is 0.578 bits per heavy atom. The van der Waals surface area contributed by atoms with Crippen LogP contribution in [0, 0.1) is 0 Å². The van der Waals surface area contributed by atoms with Gasteiger partial charge in [-0.25, -0.2) is 0 Å². The molecule has 4 atom stereocenters. The Bertz CT molecular complexity index is 1310. The Labute approximate surface area is 391 Å². The quantitative estimate of drug-likeness (QED) is 0.0151. The predicted molar refractivity (Wildman–Crippen MR) is 262 cm³/mol. The maximum atomic E-state index is 12.7. The van der Waals surface area contributed by atoms with Crippen molar-refractivity contribution >= 4 is 19.8 Å². The molecule has 1 unspecified atom stereocenters. The van der Waals surface area contributed by atoms with Crippen LogP contribution in [0.1, 0.15) is 194 Å². The zero-order valence-corrected chi connectivity index (χ0v) is 42.1. The number of nitrogens with zero attached hydrogens (tertiary/aromatic N) is 1. The summed E-state index contributed by atoms with van der Waals surface area (Å²) in [5.74, 6) is -1.08. The van der Waals surface area contributed by atoms with Crippen molar-refractivity contribution < 1.29 is 52.3 Å². The normalized spacial score (nSPS) is 14.9. The van der Waals surface area contributed by atoms with Crippen LogP contribution in [0.25, 0.3) is 0 Å². The molecule has 0 aromatic rings. The number of aliphatic hydroxyl groups is 2. The summed E-state index contributed by atoms with van der Waals surface area (Å²) >= 11 is 0. The molecule has 0 bridgehead atoms. The van der Waals surface area contributed by atoms with E-state index in [0.717, 1.165) is 25.7 Å². The summed E-state index contributed by atoms with van der Waals surface area (Å²) in [6.45, 7) is 3.89. The topological polar surface area (TPSA) is 152 Å². The van der Waals surface area contributed by atoms with Gasteiger partial charge in [-0.3, -0.25) is 14.2 Å². The fraction of sp³-hybridized carbons (Fsp3) is 0.769. The standard InChI is InChI=1S/C52H94NO10P/c1-6-8-10-12-14-15-16-17-18-19-20-21-22-23-24-25-26-27-28-30-36-42-52(57)63-50(47-62-64(58,59)61-45-44-53(3,4)5)46-60-51(56)43-37-41-49(55)40-35-32-31-34-39-48(54)38-33-29-13-11-9-7-2/h17-18,29,31-35,39-40,48-50,54-55H,6-16,19-28,30,36-38,41-47H2,1-5H3/b18-17-,32-31+,33-29-,39-34+,40-35-/t48-,49-,50-/m1/s1. The van der Waals surface area contributed by atoms with Crippen LogP contribution in [0.4, 0.5) is 0 Å². The van der Waals surface area contributed by atoms with Gasteiger partial charge in [0.05, 0.1) is 40.0 Å². The lowest BCUT2D eigenvalue weighted by Gasteiger charge is -2.28. The zero-order valence-electron chi connectivity index (χ0n) is 41.2. The first-order chi connectivity index (χ1) is 30.8. The SMILES string of the molecule is CCCCC/C=C\C[C@@H](O)/C=C/C=C/C=C\[C@@H](O)CCCC(=O)OC[C@H](COP(=O)([O-])OCC[N+](C)(C)C)OC(=O)CCCCCCCCCCCCC/C=C\CCCCCCCC. The molecule has 2 N–H and O–H groups in total. The minimum absolute atomic E-state index is 0.0153. The van der Waals surface area contributed by atoms with Crippen LogP contribution in [-0.4, -0.2) is 92.5 Å². The van der Waals surface area contributed by atoms with Gasteiger partial charge in [0.25, 0.3) is 7.82 Å². The first-order valence-corrected chi connectivity index (χ1v) is 26.7.